The fourth-order valence-corrected chi connectivity index (χ4v) is 3.73. The Morgan fingerprint density at radius 3 is 2.21 bits per heavy atom. The van der Waals surface area contributed by atoms with Crippen molar-refractivity contribution in [3.63, 3.8) is 0 Å². The number of hydrogen-bond acceptors (Lipinski definition) is 4. The van der Waals surface area contributed by atoms with Crippen molar-refractivity contribution in [1.82, 2.24) is 0 Å². The molecule has 1 amide bonds. The molecule has 0 atom stereocenters. The highest BCUT2D eigenvalue weighted by atomic mass is 35.5. The van der Waals surface area contributed by atoms with Crippen molar-refractivity contribution in [3.05, 3.63) is 81.8 Å². The summed E-state index contributed by atoms with van der Waals surface area (Å²) < 4.78 is 11.1. The zero-order valence-electron chi connectivity index (χ0n) is 18.9. The Hall–Kier alpha value is -3.02. The van der Waals surface area contributed by atoms with E-state index >= 15 is 0 Å². The standard InChI is InChI=1S/C26H25Cl2NO4/c1-16(2)26(31)29(15-19-8-6-5-7-9-19)20-10-12-21(13-11-20)33-25-22(27)14-23(32-18(4)30)17(3)24(25)28/h5-14,16H,15H2,1-4H3. The smallest absolute Gasteiger partial charge is 0.308 e. The Morgan fingerprint density at radius 2 is 1.64 bits per heavy atom. The van der Waals surface area contributed by atoms with Crippen molar-refractivity contribution in [1.29, 1.82) is 0 Å². The molecule has 3 aromatic carbocycles. The van der Waals surface area contributed by atoms with E-state index in [1.807, 2.05) is 56.3 Å². The van der Waals surface area contributed by atoms with Gasteiger partial charge in [-0.2, -0.15) is 0 Å². The van der Waals surface area contributed by atoms with Gasteiger partial charge in [0.1, 0.15) is 11.5 Å². The molecule has 0 saturated heterocycles. The van der Waals surface area contributed by atoms with Crippen molar-refractivity contribution < 1.29 is 19.1 Å². The van der Waals surface area contributed by atoms with Gasteiger partial charge in [0, 0.05) is 30.2 Å². The number of carbonyl (C=O) groups is 2. The Morgan fingerprint density at radius 1 is 1.00 bits per heavy atom. The Bertz CT molecular complexity index is 1150. The van der Waals surface area contributed by atoms with E-state index in [9.17, 15) is 9.59 Å². The summed E-state index contributed by atoms with van der Waals surface area (Å²) in [5, 5.41) is 0.468. The molecule has 0 saturated carbocycles. The van der Waals surface area contributed by atoms with Crippen LogP contribution in [0.5, 0.6) is 17.2 Å². The minimum atomic E-state index is -0.467. The van der Waals surface area contributed by atoms with Crippen LogP contribution in [0.1, 0.15) is 31.9 Å². The van der Waals surface area contributed by atoms with Crippen LogP contribution in [0.15, 0.2) is 60.7 Å². The third-order valence-electron chi connectivity index (χ3n) is 4.94. The van der Waals surface area contributed by atoms with Gasteiger partial charge in [0.05, 0.1) is 16.6 Å². The van der Waals surface area contributed by atoms with Crippen LogP contribution in [-0.4, -0.2) is 11.9 Å². The van der Waals surface area contributed by atoms with Crippen LogP contribution in [0, 0.1) is 12.8 Å². The molecule has 33 heavy (non-hydrogen) atoms. The minimum Gasteiger partial charge on any atom is -0.454 e. The van der Waals surface area contributed by atoms with Crippen molar-refractivity contribution in [2.24, 2.45) is 5.92 Å². The van der Waals surface area contributed by atoms with Crippen LogP contribution in [0.25, 0.3) is 0 Å². The van der Waals surface area contributed by atoms with Gasteiger partial charge in [0.2, 0.25) is 5.91 Å². The van der Waals surface area contributed by atoms with Gasteiger partial charge in [0.25, 0.3) is 0 Å². The molecule has 0 N–H and O–H groups in total. The SMILES string of the molecule is CC(=O)Oc1cc(Cl)c(Oc2ccc(N(Cc3ccccc3)C(=O)C(C)C)cc2)c(Cl)c1C. The second-order valence-electron chi connectivity index (χ2n) is 7.88. The molecule has 0 aliphatic rings. The lowest BCUT2D eigenvalue weighted by Gasteiger charge is -2.25. The number of benzene rings is 3. The number of hydrogen-bond donors (Lipinski definition) is 0. The first-order valence-corrected chi connectivity index (χ1v) is 11.2. The number of anilines is 1. The molecule has 5 nitrogen and oxygen atoms in total. The zero-order chi connectivity index (χ0) is 24.1. The molecule has 0 aromatic heterocycles. The lowest BCUT2D eigenvalue weighted by molar-refractivity contribution is -0.132. The monoisotopic (exact) mass is 485 g/mol. The number of carbonyl (C=O) groups excluding carboxylic acids is 2. The van der Waals surface area contributed by atoms with Gasteiger partial charge in [-0.15, -0.1) is 0 Å². The van der Waals surface area contributed by atoms with Gasteiger partial charge >= 0.3 is 5.97 Å². The van der Waals surface area contributed by atoms with Crippen LogP contribution >= 0.6 is 23.2 Å². The maximum absolute atomic E-state index is 12.9. The molecule has 0 heterocycles. The lowest BCUT2D eigenvalue weighted by atomic mass is 10.1. The second kappa shape index (κ2) is 10.7. The van der Waals surface area contributed by atoms with Crippen LogP contribution in [-0.2, 0) is 16.1 Å². The van der Waals surface area contributed by atoms with Crippen molar-refractivity contribution in [2.75, 3.05) is 4.90 Å². The highest BCUT2D eigenvalue weighted by Crippen LogP contribution is 2.43. The largest absolute Gasteiger partial charge is 0.454 e. The summed E-state index contributed by atoms with van der Waals surface area (Å²) in [4.78, 5) is 25.9. The summed E-state index contributed by atoms with van der Waals surface area (Å²) >= 11 is 12.8. The summed E-state index contributed by atoms with van der Waals surface area (Å²) in [6, 6.07) is 18.5. The molecular weight excluding hydrogens is 461 g/mol. The van der Waals surface area contributed by atoms with E-state index in [0.717, 1.165) is 11.3 Å². The van der Waals surface area contributed by atoms with Crippen LogP contribution in [0.3, 0.4) is 0 Å². The van der Waals surface area contributed by atoms with E-state index in [0.29, 0.717) is 17.9 Å². The molecule has 0 radical (unpaired) electrons. The van der Waals surface area contributed by atoms with Gasteiger partial charge in [-0.3, -0.25) is 9.59 Å². The van der Waals surface area contributed by atoms with E-state index in [1.165, 1.54) is 13.0 Å². The van der Waals surface area contributed by atoms with E-state index in [4.69, 9.17) is 32.7 Å². The fraction of sp³-hybridized carbons (Fsp3) is 0.231. The summed E-state index contributed by atoms with van der Waals surface area (Å²) in [5.74, 6) is 0.448. The Labute approximate surface area is 203 Å². The predicted molar refractivity (Wildman–Crippen MR) is 131 cm³/mol. The first kappa shape index (κ1) is 24.6. The van der Waals surface area contributed by atoms with Crippen LogP contribution < -0.4 is 14.4 Å². The summed E-state index contributed by atoms with van der Waals surface area (Å²) in [5.41, 5.74) is 2.33. The number of nitrogens with zero attached hydrogens (tertiary/aromatic N) is 1. The summed E-state index contributed by atoms with van der Waals surface area (Å²) in [7, 11) is 0. The molecule has 0 unspecified atom stereocenters. The Kier molecular flexibility index (Phi) is 8.01. The summed E-state index contributed by atoms with van der Waals surface area (Å²) in [6.07, 6.45) is 0. The topological polar surface area (TPSA) is 55.8 Å². The molecule has 3 aromatic rings. The van der Waals surface area contributed by atoms with Gasteiger partial charge < -0.3 is 14.4 Å². The van der Waals surface area contributed by atoms with Gasteiger partial charge in [-0.05, 0) is 36.8 Å². The second-order valence-corrected chi connectivity index (χ2v) is 8.66. The van der Waals surface area contributed by atoms with Gasteiger partial charge in [0.15, 0.2) is 5.75 Å². The average molecular weight is 486 g/mol. The lowest BCUT2D eigenvalue weighted by Crippen LogP contribution is -2.33. The molecule has 0 bridgehead atoms. The summed E-state index contributed by atoms with van der Waals surface area (Å²) in [6.45, 7) is 7.24. The van der Waals surface area contributed by atoms with Crippen molar-refractivity contribution in [2.45, 2.75) is 34.2 Å². The van der Waals surface area contributed by atoms with E-state index < -0.39 is 5.97 Å². The molecule has 0 spiro atoms. The first-order valence-electron chi connectivity index (χ1n) is 10.5. The van der Waals surface area contributed by atoms with Gasteiger partial charge in [-0.1, -0.05) is 67.4 Å². The molecule has 3 rings (SSSR count). The molecule has 0 aliphatic carbocycles. The third kappa shape index (κ3) is 6.06. The van der Waals surface area contributed by atoms with Gasteiger partial charge in [-0.25, -0.2) is 0 Å². The highest BCUT2D eigenvalue weighted by Gasteiger charge is 2.20. The van der Waals surface area contributed by atoms with Crippen molar-refractivity contribution >= 4 is 40.8 Å². The average Bonchev–Trinajstić information content (AvgIpc) is 2.79. The maximum atomic E-state index is 12.9. The number of rotatable bonds is 7. The fourth-order valence-electron chi connectivity index (χ4n) is 3.21. The van der Waals surface area contributed by atoms with E-state index in [-0.39, 0.29) is 33.4 Å². The minimum absolute atomic E-state index is 0.0234. The third-order valence-corrected chi connectivity index (χ3v) is 5.67. The highest BCUT2D eigenvalue weighted by molar-refractivity contribution is 6.38. The first-order chi connectivity index (χ1) is 15.7. The van der Waals surface area contributed by atoms with Crippen LogP contribution in [0.2, 0.25) is 10.0 Å². The molecule has 0 fully saturated rings. The number of amides is 1. The molecule has 172 valence electrons. The molecule has 7 heteroatoms. The zero-order valence-corrected chi connectivity index (χ0v) is 20.4. The molecular formula is C26H25Cl2NO4. The number of esters is 1. The van der Waals surface area contributed by atoms with Crippen LogP contribution in [0.4, 0.5) is 5.69 Å². The predicted octanol–water partition coefficient (Wildman–Crippen LogP) is 7.21. The normalized spacial score (nSPS) is 10.8. The number of halogens is 2. The van der Waals surface area contributed by atoms with E-state index in [2.05, 4.69) is 0 Å². The Balaban J connectivity index is 1.86. The quantitative estimate of drug-likeness (QED) is 0.262. The van der Waals surface area contributed by atoms with Crippen molar-refractivity contribution in [3.8, 4) is 17.2 Å². The number of ether oxygens (including phenoxy) is 2. The maximum Gasteiger partial charge on any atom is 0.308 e. The van der Waals surface area contributed by atoms with E-state index in [1.54, 1.807) is 24.0 Å². The molecule has 0 aliphatic heterocycles.